The fourth-order valence-electron chi connectivity index (χ4n) is 6.53. The molecule has 0 aliphatic heterocycles. The molecule has 25 heavy (non-hydrogen) atoms. The highest BCUT2D eigenvalue weighted by Crippen LogP contribution is 2.46. The third-order valence-electron chi connectivity index (χ3n) is 8.08. The Kier molecular flexibility index (Phi) is 8.15. The third kappa shape index (κ3) is 5.72. The molecule has 0 unspecified atom stereocenters. The van der Waals surface area contributed by atoms with Gasteiger partial charge in [0, 0.05) is 6.61 Å². The Morgan fingerprint density at radius 3 is 1.88 bits per heavy atom. The molecule has 0 spiro atoms. The van der Waals surface area contributed by atoms with E-state index in [1.165, 1.54) is 57.8 Å². The molecule has 146 valence electrons. The van der Waals surface area contributed by atoms with Gasteiger partial charge in [-0.15, -0.1) is 0 Å². The molecule has 0 aromatic carbocycles. The smallest absolute Gasteiger partial charge is 0.0577 e. The number of rotatable bonds is 7. The monoisotopic (exact) mass is 348 g/mol. The molecule has 3 fully saturated rings. The molecule has 1 nitrogen and oxygen atoms in total. The topological polar surface area (TPSA) is 9.23 Å². The Labute approximate surface area is 157 Å². The van der Waals surface area contributed by atoms with Gasteiger partial charge in [0.1, 0.15) is 0 Å². The SMILES string of the molecule is CCCC[C@H]1CC[C@H](C2CCC([C@H]3CCC[C@@H](OCC)C3)CC2)CC1. The summed E-state index contributed by atoms with van der Waals surface area (Å²) in [5.74, 6) is 5.25. The van der Waals surface area contributed by atoms with E-state index in [4.69, 9.17) is 4.74 Å². The molecule has 3 saturated carbocycles. The first kappa shape index (κ1) is 19.7. The zero-order valence-corrected chi connectivity index (χ0v) is 17.2. The van der Waals surface area contributed by atoms with Crippen molar-refractivity contribution in [2.75, 3.05) is 6.61 Å². The highest BCUT2D eigenvalue weighted by molar-refractivity contribution is 4.86. The van der Waals surface area contributed by atoms with Crippen LogP contribution in [0.25, 0.3) is 0 Å². The lowest BCUT2D eigenvalue weighted by atomic mass is 9.65. The summed E-state index contributed by atoms with van der Waals surface area (Å²) in [6.07, 6.45) is 22.9. The van der Waals surface area contributed by atoms with Gasteiger partial charge in [-0.25, -0.2) is 0 Å². The molecule has 3 aliphatic rings. The Bertz CT molecular complexity index is 347. The lowest BCUT2D eigenvalue weighted by Crippen LogP contribution is -2.32. The minimum Gasteiger partial charge on any atom is -0.378 e. The molecule has 0 aromatic heterocycles. The van der Waals surface area contributed by atoms with E-state index in [-0.39, 0.29) is 0 Å². The summed E-state index contributed by atoms with van der Waals surface area (Å²) in [5, 5.41) is 0. The molecule has 0 bridgehead atoms. The van der Waals surface area contributed by atoms with E-state index >= 15 is 0 Å². The summed E-state index contributed by atoms with van der Waals surface area (Å²) in [6.45, 7) is 5.41. The minimum absolute atomic E-state index is 0.583. The predicted octanol–water partition coefficient (Wildman–Crippen LogP) is 7.38. The lowest BCUT2D eigenvalue weighted by molar-refractivity contribution is 0.00186. The van der Waals surface area contributed by atoms with E-state index in [1.54, 1.807) is 38.5 Å². The van der Waals surface area contributed by atoms with Crippen LogP contribution in [0, 0.1) is 29.6 Å². The first-order valence-corrected chi connectivity index (χ1v) is 11.9. The fraction of sp³-hybridized carbons (Fsp3) is 1.00. The average Bonchev–Trinajstić information content (AvgIpc) is 2.67. The van der Waals surface area contributed by atoms with Crippen molar-refractivity contribution in [1.29, 1.82) is 0 Å². The maximum atomic E-state index is 5.96. The van der Waals surface area contributed by atoms with Crippen molar-refractivity contribution in [2.45, 2.75) is 116 Å². The standard InChI is InChI=1S/C24H44O/c1-3-5-7-19-10-12-20(13-11-19)21-14-16-22(17-15-21)23-8-6-9-24(18-23)25-4-2/h19-24H,3-18H2,1-2H3/t19-,20-,21?,22?,23-,24+/m0/s1. The first-order chi connectivity index (χ1) is 12.3. The summed E-state index contributed by atoms with van der Waals surface area (Å²) < 4.78 is 5.96. The van der Waals surface area contributed by atoms with Gasteiger partial charge in [0.25, 0.3) is 0 Å². The van der Waals surface area contributed by atoms with E-state index in [0.717, 1.165) is 36.2 Å². The second-order valence-corrected chi connectivity index (χ2v) is 9.60. The molecule has 0 N–H and O–H groups in total. The maximum absolute atomic E-state index is 5.96. The molecule has 0 radical (unpaired) electrons. The van der Waals surface area contributed by atoms with Gasteiger partial charge in [-0.1, -0.05) is 45.4 Å². The first-order valence-electron chi connectivity index (χ1n) is 11.9. The van der Waals surface area contributed by atoms with Crippen molar-refractivity contribution in [3.05, 3.63) is 0 Å². The second-order valence-electron chi connectivity index (χ2n) is 9.60. The van der Waals surface area contributed by atoms with Crippen molar-refractivity contribution >= 4 is 0 Å². The number of hydrogen-bond acceptors (Lipinski definition) is 1. The van der Waals surface area contributed by atoms with Crippen LogP contribution in [0.5, 0.6) is 0 Å². The van der Waals surface area contributed by atoms with Crippen LogP contribution >= 0.6 is 0 Å². The molecule has 0 saturated heterocycles. The number of ether oxygens (including phenoxy) is 1. The van der Waals surface area contributed by atoms with Crippen LogP contribution in [0.2, 0.25) is 0 Å². The highest BCUT2D eigenvalue weighted by atomic mass is 16.5. The van der Waals surface area contributed by atoms with E-state index < -0.39 is 0 Å². The summed E-state index contributed by atoms with van der Waals surface area (Å²) in [4.78, 5) is 0. The Hall–Kier alpha value is -0.0400. The normalized spacial score (nSPS) is 40.1. The second kappa shape index (κ2) is 10.3. The quantitative estimate of drug-likeness (QED) is 0.466. The fourth-order valence-corrected chi connectivity index (χ4v) is 6.53. The van der Waals surface area contributed by atoms with Crippen LogP contribution in [0.4, 0.5) is 0 Å². The van der Waals surface area contributed by atoms with Crippen LogP contribution in [0.3, 0.4) is 0 Å². The van der Waals surface area contributed by atoms with Gasteiger partial charge < -0.3 is 4.74 Å². The summed E-state index contributed by atoms with van der Waals surface area (Å²) in [6, 6.07) is 0. The average molecular weight is 349 g/mol. The van der Waals surface area contributed by atoms with Gasteiger partial charge in [-0.05, 0) is 94.3 Å². The van der Waals surface area contributed by atoms with Crippen molar-refractivity contribution in [1.82, 2.24) is 0 Å². The zero-order chi connectivity index (χ0) is 17.5. The van der Waals surface area contributed by atoms with Gasteiger partial charge in [0.15, 0.2) is 0 Å². The van der Waals surface area contributed by atoms with Crippen molar-refractivity contribution in [3.8, 4) is 0 Å². The van der Waals surface area contributed by atoms with E-state index in [1.807, 2.05) is 0 Å². The lowest BCUT2D eigenvalue weighted by Gasteiger charge is -2.41. The van der Waals surface area contributed by atoms with Crippen LogP contribution in [-0.2, 0) is 4.74 Å². The predicted molar refractivity (Wildman–Crippen MR) is 108 cm³/mol. The molecule has 0 heterocycles. The van der Waals surface area contributed by atoms with Gasteiger partial charge in [0.2, 0.25) is 0 Å². The van der Waals surface area contributed by atoms with Gasteiger partial charge in [-0.3, -0.25) is 0 Å². The Balaban J connectivity index is 1.37. The molecule has 1 heteroatoms. The molecule has 3 rings (SSSR count). The summed E-state index contributed by atoms with van der Waals surface area (Å²) >= 11 is 0. The molecule has 3 aliphatic carbocycles. The largest absolute Gasteiger partial charge is 0.378 e. The number of hydrogen-bond donors (Lipinski definition) is 0. The van der Waals surface area contributed by atoms with Crippen LogP contribution in [-0.4, -0.2) is 12.7 Å². The minimum atomic E-state index is 0.583. The highest BCUT2D eigenvalue weighted by Gasteiger charge is 2.35. The third-order valence-corrected chi connectivity index (χ3v) is 8.08. The van der Waals surface area contributed by atoms with E-state index in [2.05, 4.69) is 13.8 Å². The van der Waals surface area contributed by atoms with Crippen molar-refractivity contribution in [3.63, 3.8) is 0 Å². The zero-order valence-electron chi connectivity index (χ0n) is 17.2. The van der Waals surface area contributed by atoms with E-state index in [9.17, 15) is 0 Å². The molecule has 2 atom stereocenters. The molecular weight excluding hydrogens is 304 g/mol. The number of unbranched alkanes of at least 4 members (excludes halogenated alkanes) is 1. The van der Waals surface area contributed by atoms with Crippen molar-refractivity contribution < 1.29 is 4.74 Å². The van der Waals surface area contributed by atoms with Gasteiger partial charge in [-0.2, -0.15) is 0 Å². The summed E-state index contributed by atoms with van der Waals surface area (Å²) in [7, 11) is 0. The van der Waals surface area contributed by atoms with Crippen LogP contribution in [0.1, 0.15) is 110 Å². The van der Waals surface area contributed by atoms with Gasteiger partial charge >= 0.3 is 0 Å². The van der Waals surface area contributed by atoms with Crippen LogP contribution in [0.15, 0.2) is 0 Å². The van der Waals surface area contributed by atoms with Crippen molar-refractivity contribution in [2.24, 2.45) is 29.6 Å². The van der Waals surface area contributed by atoms with Crippen LogP contribution < -0.4 is 0 Å². The molecule has 0 aromatic rings. The Morgan fingerprint density at radius 2 is 1.28 bits per heavy atom. The summed E-state index contributed by atoms with van der Waals surface area (Å²) in [5.41, 5.74) is 0. The van der Waals surface area contributed by atoms with E-state index in [0.29, 0.717) is 6.10 Å². The Morgan fingerprint density at radius 1 is 0.680 bits per heavy atom. The van der Waals surface area contributed by atoms with Gasteiger partial charge in [0.05, 0.1) is 6.10 Å². The molecular formula is C24H44O. The molecule has 0 amide bonds. The maximum Gasteiger partial charge on any atom is 0.0577 e.